The quantitative estimate of drug-likeness (QED) is 0.756. The summed E-state index contributed by atoms with van der Waals surface area (Å²) in [5.41, 5.74) is -0.0350. The summed E-state index contributed by atoms with van der Waals surface area (Å²) in [6.45, 7) is 3.62. The number of benzene rings is 1. The summed E-state index contributed by atoms with van der Waals surface area (Å²) in [6, 6.07) is 1.36. The van der Waals surface area contributed by atoms with Gasteiger partial charge in [-0.2, -0.15) is 0 Å². The molecule has 1 aromatic rings. The molecule has 0 heterocycles. The van der Waals surface area contributed by atoms with E-state index in [1.807, 2.05) is 13.8 Å². The van der Waals surface area contributed by atoms with Gasteiger partial charge in [0.25, 0.3) is 0 Å². The molecule has 1 rings (SSSR count). The summed E-state index contributed by atoms with van der Waals surface area (Å²) in [5, 5.41) is 12.9. The fourth-order valence-corrected chi connectivity index (χ4v) is 1.74. The molecule has 1 aromatic carbocycles. The van der Waals surface area contributed by atoms with Crippen molar-refractivity contribution in [1.29, 1.82) is 0 Å². The van der Waals surface area contributed by atoms with Gasteiger partial charge in [0.05, 0.1) is 6.42 Å². The Morgan fingerprint density at radius 3 is 2.29 bits per heavy atom. The summed E-state index contributed by atoms with van der Waals surface area (Å²) < 4.78 is 27.6. The summed E-state index contributed by atoms with van der Waals surface area (Å²) in [7, 11) is 0. The number of halogens is 2. The number of urea groups is 1. The number of rotatable bonds is 6. The zero-order valence-electron chi connectivity index (χ0n) is 11.9. The topological polar surface area (TPSA) is 78.4 Å². The van der Waals surface area contributed by atoms with Crippen molar-refractivity contribution in [3.63, 3.8) is 0 Å². The van der Waals surface area contributed by atoms with Crippen LogP contribution in [0.1, 0.15) is 25.8 Å². The predicted molar refractivity (Wildman–Crippen MR) is 74.2 cm³/mol. The Balaban J connectivity index is 2.68. The van der Waals surface area contributed by atoms with Crippen LogP contribution in [0.2, 0.25) is 0 Å². The van der Waals surface area contributed by atoms with E-state index in [0.717, 1.165) is 12.1 Å². The fraction of sp³-hybridized carbons (Fsp3) is 0.429. The van der Waals surface area contributed by atoms with Gasteiger partial charge in [-0.3, -0.25) is 4.79 Å². The highest BCUT2D eigenvalue weighted by molar-refractivity contribution is 5.89. The first-order valence-corrected chi connectivity index (χ1v) is 6.54. The third-order valence-electron chi connectivity index (χ3n) is 2.64. The molecule has 0 radical (unpaired) electrons. The molecule has 7 heteroatoms. The molecule has 0 saturated heterocycles. The minimum absolute atomic E-state index is 0.0122. The summed E-state index contributed by atoms with van der Waals surface area (Å²) in [5.74, 6) is -2.38. The minimum atomic E-state index is -1.05. The molecule has 0 atom stereocenters. The van der Waals surface area contributed by atoms with Crippen LogP contribution in [-0.2, 0) is 11.2 Å². The van der Waals surface area contributed by atoms with E-state index in [1.54, 1.807) is 0 Å². The third-order valence-corrected chi connectivity index (χ3v) is 2.64. The number of anilines is 1. The number of amides is 2. The predicted octanol–water partition coefficient (Wildman–Crippen LogP) is 2.76. The van der Waals surface area contributed by atoms with Crippen molar-refractivity contribution in [3.8, 4) is 0 Å². The van der Waals surface area contributed by atoms with Crippen LogP contribution in [0.25, 0.3) is 0 Å². The third kappa shape index (κ3) is 5.76. The largest absolute Gasteiger partial charge is 0.481 e. The highest BCUT2D eigenvalue weighted by Gasteiger charge is 2.13. The van der Waals surface area contributed by atoms with E-state index in [-0.39, 0.29) is 36.6 Å². The SMILES string of the molecule is CC(C)Cc1c(F)cc(NC(=O)NCCC(=O)O)cc1F. The number of aliphatic carboxylic acids is 1. The Hall–Kier alpha value is -2.18. The molecule has 0 aliphatic rings. The van der Waals surface area contributed by atoms with Crippen LogP contribution in [0.4, 0.5) is 19.3 Å². The Labute approximate surface area is 121 Å². The van der Waals surface area contributed by atoms with Crippen molar-refractivity contribution in [3.05, 3.63) is 29.3 Å². The van der Waals surface area contributed by atoms with Crippen LogP contribution < -0.4 is 10.6 Å². The van der Waals surface area contributed by atoms with Gasteiger partial charge in [-0.05, 0) is 24.5 Å². The van der Waals surface area contributed by atoms with Crippen LogP contribution in [0.15, 0.2) is 12.1 Å². The van der Waals surface area contributed by atoms with Gasteiger partial charge in [0.1, 0.15) is 11.6 Å². The van der Waals surface area contributed by atoms with Crippen molar-refractivity contribution in [2.24, 2.45) is 5.92 Å². The van der Waals surface area contributed by atoms with Gasteiger partial charge in [-0.25, -0.2) is 13.6 Å². The molecule has 0 aromatic heterocycles. The lowest BCUT2D eigenvalue weighted by Gasteiger charge is -2.11. The maximum atomic E-state index is 13.8. The maximum absolute atomic E-state index is 13.8. The highest BCUT2D eigenvalue weighted by atomic mass is 19.1. The lowest BCUT2D eigenvalue weighted by molar-refractivity contribution is -0.136. The van der Waals surface area contributed by atoms with Crippen molar-refractivity contribution in [1.82, 2.24) is 5.32 Å². The van der Waals surface area contributed by atoms with Gasteiger partial charge >= 0.3 is 12.0 Å². The van der Waals surface area contributed by atoms with E-state index in [2.05, 4.69) is 10.6 Å². The second-order valence-electron chi connectivity index (χ2n) is 5.04. The van der Waals surface area contributed by atoms with Crippen molar-refractivity contribution >= 4 is 17.7 Å². The molecule has 3 N–H and O–H groups in total. The van der Waals surface area contributed by atoms with Crippen LogP contribution in [0.5, 0.6) is 0 Å². The number of carbonyl (C=O) groups excluding carboxylic acids is 1. The van der Waals surface area contributed by atoms with E-state index in [0.29, 0.717) is 0 Å². The fourth-order valence-electron chi connectivity index (χ4n) is 1.74. The van der Waals surface area contributed by atoms with Gasteiger partial charge in [-0.15, -0.1) is 0 Å². The monoisotopic (exact) mass is 300 g/mol. The molecule has 21 heavy (non-hydrogen) atoms. The van der Waals surface area contributed by atoms with E-state index in [9.17, 15) is 18.4 Å². The normalized spacial score (nSPS) is 10.5. The van der Waals surface area contributed by atoms with Gasteiger partial charge in [-0.1, -0.05) is 13.8 Å². The standard InChI is InChI=1S/C14H18F2N2O3/c1-8(2)5-10-11(15)6-9(7-12(10)16)18-14(21)17-4-3-13(19)20/h6-8H,3-5H2,1-2H3,(H,19,20)(H2,17,18,21). The number of hydrogen-bond donors (Lipinski definition) is 3. The van der Waals surface area contributed by atoms with Crippen LogP contribution in [0.3, 0.4) is 0 Å². The van der Waals surface area contributed by atoms with E-state index < -0.39 is 23.6 Å². The van der Waals surface area contributed by atoms with Gasteiger partial charge in [0, 0.05) is 17.8 Å². The molecule has 0 bridgehead atoms. The second kappa shape index (κ2) is 7.56. The number of carbonyl (C=O) groups is 2. The molecule has 0 saturated carbocycles. The van der Waals surface area contributed by atoms with Crippen molar-refractivity contribution in [2.45, 2.75) is 26.7 Å². The smallest absolute Gasteiger partial charge is 0.319 e. The zero-order chi connectivity index (χ0) is 16.0. The average molecular weight is 300 g/mol. The van der Waals surface area contributed by atoms with Gasteiger partial charge in [0.2, 0.25) is 0 Å². The Morgan fingerprint density at radius 1 is 1.24 bits per heavy atom. The average Bonchev–Trinajstić information content (AvgIpc) is 2.33. The summed E-state index contributed by atoms with van der Waals surface area (Å²) in [6.07, 6.45) is 0.0340. The zero-order valence-corrected chi connectivity index (χ0v) is 11.9. The minimum Gasteiger partial charge on any atom is -0.481 e. The molecule has 0 unspecified atom stereocenters. The Kier molecular flexibility index (Phi) is 6.08. The number of carboxylic acid groups (broad SMARTS) is 1. The number of nitrogens with one attached hydrogen (secondary N) is 2. The second-order valence-corrected chi connectivity index (χ2v) is 5.04. The number of hydrogen-bond acceptors (Lipinski definition) is 2. The van der Waals surface area contributed by atoms with E-state index in [4.69, 9.17) is 5.11 Å². The molecular weight excluding hydrogens is 282 g/mol. The molecule has 0 fully saturated rings. The lowest BCUT2D eigenvalue weighted by atomic mass is 10.0. The highest BCUT2D eigenvalue weighted by Crippen LogP contribution is 2.21. The number of carboxylic acids is 1. The molecule has 0 spiro atoms. The first-order chi connectivity index (χ1) is 9.79. The lowest BCUT2D eigenvalue weighted by Crippen LogP contribution is -2.30. The molecule has 0 aliphatic carbocycles. The summed E-state index contributed by atoms with van der Waals surface area (Å²) >= 11 is 0. The van der Waals surface area contributed by atoms with Crippen molar-refractivity contribution in [2.75, 3.05) is 11.9 Å². The molecule has 2 amide bonds. The van der Waals surface area contributed by atoms with Gasteiger partial charge in [0.15, 0.2) is 0 Å². The summed E-state index contributed by atoms with van der Waals surface area (Å²) in [4.78, 5) is 21.7. The Bertz CT molecular complexity index is 510. The van der Waals surface area contributed by atoms with Gasteiger partial charge < -0.3 is 15.7 Å². The van der Waals surface area contributed by atoms with Crippen LogP contribution >= 0.6 is 0 Å². The molecule has 0 aliphatic heterocycles. The van der Waals surface area contributed by atoms with Crippen molar-refractivity contribution < 1.29 is 23.5 Å². The molecular formula is C14H18F2N2O3. The van der Waals surface area contributed by atoms with E-state index >= 15 is 0 Å². The maximum Gasteiger partial charge on any atom is 0.319 e. The Morgan fingerprint density at radius 2 is 1.81 bits per heavy atom. The van der Waals surface area contributed by atoms with Crippen LogP contribution in [0, 0.1) is 17.6 Å². The van der Waals surface area contributed by atoms with E-state index in [1.165, 1.54) is 0 Å². The van der Waals surface area contributed by atoms with Crippen LogP contribution in [-0.4, -0.2) is 23.7 Å². The first kappa shape index (κ1) is 16.9. The first-order valence-electron chi connectivity index (χ1n) is 6.54. The molecule has 5 nitrogen and oxygen atoms in total. The molecule has 116 valence electrons.